The second kappa shape index (κ2) is 6.22. The van der Waals surface area contributed by atoms with Crippen LogP contribution in [0.25, 0.3) is 10.9 Å². The van der Waals surface area contributed by atoms with Crippen molar-refractivity contribution >= 4 is 34.1 Å². The zero-order valence-corrected chi connectivity index (χ0v) is 13.4. The van der Waals surface area contributed by atoms with E-state index in [2.05, 4.69) is 10.3 Å². The van der Waals surface area contributed by atoms with E-state index in [1.807, 2.05) is 6.07 Å². The number of rotatable bonds is 4. The van der Waals surface area contributed by atoms with Crippen LogP contribution in [0, 0.1) is 0 Å². The lowest BCUT2D eigenvalue weighted by Gasteiger charge is -2.06. The van der Waals surface area contributed by atoms with Gasteiger partial charge >= 0.3 is 0 Å². The summed E-state index contributed by atoms with van der Waals surface area (Å²) in [5.74, 6) is 0.964. The van der Waals surface area contributed by atoms with Crippen LogP contribution in [0.1, 0.15) is 10.5 Å². The summed E-state index contributed by atoms with van der Waals surface area (Å²) in [5.41, 5.74) is 1.87. The molecule has 0 unspecified atom stereocenters. The summed E-state index contributed by atoms with van der Waals surface area (Å²) in [6.45, 7) is 0. The zero-order valence-electron chi connectivity index (χ0n) is 12.6. The highest BCUT2D eigenvalue weighted by Crippen LogP contribution is 2.32. The van der Waals surface area contributed by atoms with E-state index in [0.717, 1.165) is 10.9 Å². The lowest BCUT2D eigenvalue weighted by atomic mass is 10.2. The fraction of sp³-hybridized carbons (Fsp3) is 0.118. The molecule has 0 atom stereocenters. The highest BCUT2D eigenvalue weighted by molar-refractivity contribution is 6.31. The molecule has 0 aliphatic heterocycles. The summed E-state index contributed by atoms with van der Waals surface area (Å²) in [6.07, 6.45) is 0. The molecule has 5 nitrogen and oxygen atoms in total. The molecule has 1 amide bonds. The highest BCUT2D eigenvalue weighted by Gasteiger charge is 2.13. The van der Waals surface area contributed by atoms with E-state index in [4.69, 9.17) is 21.1 Å². The molecule has 1 aromatic heterocycles. The number of ether oxygens (including phenoxy) is 2. The number of amides is 1. The van der Waals surface area contributed by atoms with Gasteiger partial charge in [-0.05, 0) is 30.3 Å². The van der Waals surface area contributed by atoms with Crippen LogP contribution in [0.15, 0.2) is 42.5 Å². The Morgan fingerprint density at radius 2 is 1.83 bits per heavy atom. The number of halogens is 1. The molecule has 2 N–H and O–H groups in total. The predicted octanol–water partition coefficient (Wildman–Crippen LogP) is 4.09. The molecule has 3 rings (SSSR count). The largest absolute Gasteiger partial charge is 0.493 e. The van der Waals surface area contributed by atoms with Gasteiger partial charge in [0, 0.05) is 27.7 Å². The average Bonchev–Trinajstić information content (AvgIpc) is 2.96. The van der Waals surface area contributed by atoms with Crippen molar-refractivity contribution in [3.05, 3.63) is 53.2 Å². The van der Waals surface area contributed by atoms with E-state index in [1.54, 1.807) is 50.6 Å². The highest BCUT2D eigenvalue weighted by atomic mass is 35.5. The Morgan fingerprint density at radius 3 is 2.52 bits per heavy atom. The molecule has 118 valence electrons. The van der Waals surface area contributed by atoms with Gasteiger partial charge in [-0.2, -0.15) is 0 Å². The normalized spacial score (nSPS) is 10.6. The molecular formula is C17H15ClN2O3. The van der Waals surface area contributed by atoms with Gasteiger partial charge in [0.25, 0.3) is 5.91 Å². The lowest BCUT2D eigenvalue weighted by molar-refractivity contribution is 0.102. The predicted molar refractivity (Wildman–Crippen MR) is 90.8 cm³/mol. The SMILES string of the molecule is COc1cc2cc(C(=O)Nc3cccc(Cl)c3)[nH]c2cc1OC. The van der Waals surface area contributed by atoms with Gasteiger partial charge in [-0.3, -0.25) is 4.79 Å². The standard InChI is InChI=1S/C17H15ClN2O3/c1-22-15-7-10-6-14(20-13(10)9-16(15)23-2)17(21)19-12-5-3-4-11(18)8-12/h3-9,20H,1-2H3,(H,19,21). The van der Waals surface area contributed by atoms with Crippen LogP contribution in [-0.2, 0) is 0 Å². The first-order chi connectivity index (χ1) is 11.1. The number of fused-ring (bicyclic) bond motifs is 1. The number of hydrogen-bond acceptors (Lipinski definition) is 3. The van der Waals surface area contributed by atoms with Crippen molar-refractivity contribution in [2.75, 3.05) is 19.5 Å². The van der Waals surface area contributed by atoms with E-state index in [9.17, 15) is 4.79 Å². The van der Waals surface area contributed by atoms with E-state index in [-0.39, 0.29) is 5.91 Å². The Labute approximate surface area is 138 Å². The number of hydrogen-bond donors (Lipinski definition) is 2. The van der Waals surface area contributed by atoms with Crippen molar-refractivity contribution < 1.29 is 14.3 Å². The van der Waals surface area contributed by atoms with Gasteiger partial charge < -0.3 is 19.8 Å². The van der Waals surface area contributed by atoms with Crippen LogP contribution < -0.4 is 14.8 Å². The fourth-order valence-electron chi connectivity index (χ4n) is 2.35. The van der Waals surface area contributed by atoms with Crippen molar-refractivity contribution in [1.82, 2.24) is 4.98 Å². The van der Waals surface area contributed by atoms with Crippen molar-refractivity contribution in [3.8, 4) is 11.5 Å². The Morgan fingerprint density at radius 1 is 1.09 bits per heavy atom. The number of benzene rings is 2. The molecule has 0 spiro atoms. The number of nitrogens with one attached hydrogen (secondary N) is 2. The number of carbonyl (C=O) groups is 1. The number of carbonyl (C=O) groups excluding carboxylic acids is 1. The van der Waals surface area contributed by atoms with Gasteiger partial charge in [-0.25, -0.2) is 0 Å². The Balaban J connectivity index is 1.92. The van der Waals surface area contributed by atoms with Crippen molar-refractivity contribution in [3.63, 3.8) is 0 Å². The Hall–Kier alpha value is -2.66. The molecule has 0 bridgehead atoms. The molecule has 2 aromatic carbocycles. The first-order valence-electron chi connectivity index (χ1n) is 6.92. The third-order valence-corrected chi connectivity index (χ3v) is 3.69. The molecule has 0 aliphatic rings. The van der Waals surface area contributed by atoms with Crippen molar-refractivity contribution in [1.29, 1.82) is 0 Å². The molecule has 0 saturated carbocycles. The van der Waals surface area contributed by atoms with E-state index in [1.165, 1.54) is 0 Å². The monoisotopic (exact) mass is 330 g/mol. The first-order valence-corrected chi connectivity index (χ1v) is 7.30. The minimum absolute atomic E-state index is 0.249. The molecule has 0 radical (unpaired) electrons. The molecule has 23 heavy (non-hydrogen) atoms. The van der Waals surface area contributed by atoms with Gasteiger partial charge in [0.05, 0.1) is 14.2 Å². The van der Waals surface area contributed by atoms with Crippen LogP contribution in [0.5, 0.6) is 11.5 Å². The summed E-state index contributed by atoms with van der Waals surface area (Å²) in [4.78, 5) is 15.4. The van der Waals surface area contributed by atoms with Crippen LogP contribution in [0.4, 0.5) is 5.69 Å². The number of aromatic nitrogens is 1. The lowest BCUT2D eigenvalue weighted by Crippen LogP contribution is -2.12. The first kappa shape index (κ1) is 15.2. The third-order valence-electron chi connectivity index (χ3n) is 3.45. The van der Waals surface area contributed by atoms with Gasteiger partial charge in [0.15, 0.2) is 11.5 Å². The van der Waals surface area contributed by atoms with Crippen LogP contribution in [0.2, 0.25) is 5.02 Å². The van der Waals surface area contributed by atoms with Crippen molar-refractivity contribution in [2.24, 2.45) is 0 Å². The molecule has 3 aromatic rings. The Kier molecular flexibility index (Phi) is 4.12. The minimum atomic E-state index is -0.249. The molecule has 0 saturated heterocycles. The van der Waals surface area contributed by atoms with Gasteiger partial charge in [0.1, 0.15) is 5.69 Å². The molecule has 1 heterocycles. The number of anilines is 1. The van der Waals surface area contributed by atoms with Crippen LogP contribution >= 0.6 is 11.6 Å². The van der Waals surface area contributed by atoms with E-state index in [0.29, 0.717) is 27.9 Å². The smallest absolute Gasteiger partial charge is 0.272 e. The molecular weight excluding hydrogens is 316 g/mol. The molecule has 0 fully saturated rings. The zero-order chi connectivity index (χ0) is 16.4. The minimum Gasteiger partial charge on any atom is -0.493 e. The number of methoxy groups -OCH3 is 2. The maximum Gasteiger partial charge on any atom is 0.272 e. The second-order valence-corrected chi connectivity index (χ2v) is 5.38. The fourth-order valence-corrected chi connectivity index (χ4v) is 2.54. The summed E-state index contributed by atoms with van der Waals surface area (Å²) in [5, 5.41) is 4.22. The van der Waals surface area contributed by atoms with Gasteiger partial charge in [-0.15, -0.1) is 0 Å². The second-order valence-electron chi connectivity index (χ2n) is 4.94. The topological polar surface area (TPSA) is 63.3 Å². The average molecular weight is 331 g/mol. The third kappa shape index (κ3) is 3.10. The summed E-state index contributed by atoms with van der Waals surface area (Å²) in [7, 11) is 3.14. The summed E-state index contributed by atoms with van der Waals surface area (Å²) in [6, 6.07) is 12.4. The summed E-state index contributed by atoms with van der Waals surface area (Å²) >= 11 is 5.92. The quantitative estimate of drug-likeness (QED) is 0.757. The van der Waals surface area contributed by atoms with Gasteiger partial charge in [-0.1, -0.05) is 17.7 Å². The number of H-pyrrole nitrogens is 1. The van der Waals surface area contributed by atoms with E-state index < -0.39 is 0 Å². The maximum absolute atomic E-state index is 12.4. The number of aromatic amines is 1. The van der Waals surface area contributed by atoms with Crippen LogP contribution in [-0.4, -0.2) is 25.1 Å². The molecule has 0 aliphatic carbocycles. The Bertz CT molecular complexity index is 832. The maximum atomic E-state index is 12.4. The van der Waals surface area contributed by atoms with Crippen LogP contribution in [0.3, 0.4) is 0 Å². The van der Waals surface area contributed by atoms with Gasteiger partial charge in [0.2, 0.25) is 0 Å². The van der Waals surface area contributed by atoms with Crippen molar-refractivity contribution in [2.45, 2.75) is 0 Å². The van der Waals surface area contributed by atoms with E-state index >= 15 is 0 Å². The summed E-state index contributed by atoms with van der Waals surface area (Å²) < 4.78 is 10.5. The molecule has 6 heteroatoms.